The van der Waals surface area contributed by atoms with Crippen LogP contribution in [0.15, 0.2) is 42.1 Å². The fourth-order valence-electron chi connectivity index (χ4n) is 3.38. The van der Waals surface area contributed by atoms with Crippen molar-refractivity contribution in [3.8, 4) is 0 Å². The van der Waals surface area contributed by atoms with E-state index in [1.165, 1.54) is 42.2 Å². The van der Waals surface area contributed by atoms with Gasteiger partial charge in [-0.05, 0) is 50.2 Å². The van der Waals surface area contributed by atoms with E-state index in [0.717, 1.165) is 24.9 Å². The maximum Gasteiger partial charge on any atom is 0.223 e. The highest BCUT2D eigenvalue weighted by Gasteiger charge is 2.15. The van der Waals surface area contributed by atoms with Crippen molar-refractivity contribution in [3.63, 3.8) is 0 Å². The second-order valence-electron chi connectivity index (χ2n) is 6.61. The molecule has 0 spiro atoms. The van der Waals surface area contributed by atoms with Gasteiger partial charge >= 0.3 is 0 Å². The number of H-pyrrole nitrogens is 1. The molecule has 1 aliphatic carbocycles. The maximum absolute atomic E-state index is 12.3. The topological polar surface area (TPSA) is 44.9 Å². The highest BCUT2D eigenvalue weighted by molar-refractivity contribution is 5.84. The molecule has 3 rings (SSSR count). The van der Waals surface area contributed by atoms with Gasteiger partial charge in [0.15, 0.2) is 0 Å². The van der Waals surface area contributed by atoms with Crippen LogP contribution in [0, 0.1) is 5.92 Å². The molecular weight excluding hydrogens is 284 g/mol. The largest absolute Gasteiger partial charge is 0.361 e. The molecule has 0 radical (unpaired) electrons. The zero-order valence-corrected chi connectivity index (χ0v) is 13.9. The van der Waals surface area contributed by atoms with Gasteiger partial charge in [-0.25, -0.2) is 0 Å². The monoisotopic (exact) mass is 310 g/mol. The Morgan fingerprint density at radius 1 is 1.30 bits per heavy atom. The summed E-state index contributed by atoms with van der Waals surface area (Å²) in [6.45, 7) is 2.78. The molecule has 2 aromatic rings. The first-order valence-corrected chi connectivity index (χ1v) is 8.74. The third-order valence-corrected chi connectivity index (χ3v) is 4.78. The molecule has 1 unspecified atom stereocenters. The number of fused-ring (bicyclic) bond motifs is 1. The molecule has 1 aliphatic rings. The number of aromatic amines is 1. The molecule has 3 nitrogen and oxygen atoms in total. The predicted octanol–water partition coefficient (Wildman–Crippen LogP) is 4.35. The number of hydrogen-bond acceptors (Lipinski definition) is 1. The minimum atomic E-state index is -0.00505. The average Bonchev–Trinajstić information content (AvgIpc) is 2.99. The fraction of sp³-hybridized carbons (Fsp3) is 0.450. The number of aromatic nitrogens is 1. The van der Waals surface area contributed by atoms with Gasteiger partial charge in [-0.15, -0.1) is 0 Å². The van der Waals surface area contributed by atoms with Crippen molar-refractivity contribution < 1.29 is 4.79 Å². The summed E-state index contributed by atoms with van der Waals surface area (Å²) in [6, 6.07) is 8.25. The molecule has 1 heterocycles. The van der Waals surface area contributed by atoms with Crippen LogP contribution in [0.3, 0.4) is 0 Å². The van der Waals surface area contributed by atoms with Crippen LogP contribution in [0.4, 0.5) is 0 Å². The molecular formula is C20H26N2O. The Morgan fingerprint density at radius 3 is 3.00 bits per heavy atom. The van der Waals surface area contributed by atoms with E-state index >= 15 is 0 Å². The molecule has 1 aromatic heterocycles. The summed E-state index contributed by atoms with van der Waals surface area (Å²) in [4.78, 5) is 15.6. The fourth-order valence-corrected chi connectivity index (χ4v) is 3.38. The van der Waals surface area contributed by atoms with Gasteiger partial charge in [-0.2, -0.15) is 0 Å². The Hall–Kier alpha value is -2.03. The SMILES string of the molecule is CC(Cc1c[nH]c2ccccc12)C(=O)NCCC1=CCCCC1. The van der Waals surface area contributed by atoms with Crippen molar-refractivity contribution in [2.24, 2.45) is 5.92 Å². The molecule has 1 aromatic carbocycles. The second-order valence-corrected chi connectivity index (χ2v) is 6.61. The van der Waals surface area contributed by atoms with Gasteiger partial charge < -0.3 is 10.3 Å². The molecule has 0 saturated carbocycles. The van der Waals surface area contributed by atoms with E-state index in [1.807, 2.05) is 25.3 Å². The van der Waals surface area contributed by atoms with Crippen LogP contribution >= 0.6 is 0 Å². The lowest BCUT2D eigenvalue weighted by Gasteiger charge is -2.15. The van der Waals surface area contributed by atoms with Crippen LogP contribution in [-0.4, -0.2) is 17.4 Å². The van der Waals surface area contributed by atoms with E-state index in [9.17, 15) is 4.79 Å². The van der Waals surface area contributed by atoms with Crippen LogP contribution < -0.4 is 5.32 Å². The Morgan fingerprint density at radius 2 is 2.17 bits per heavy atom. The number of amides is 1. The number of para-hydroxylation sites is 1. The van der Waals surface area contributed by atoms with Crippen LogP contribution in [0.1, 0.15) is 44.6 Å². The van der Waals surface area contributed by atoms with E-state index in [4.69, 9.17) is 0 Å². The first-order chi connectivity index (χ1) is 11.2. The second kappa shape index (κ2) is 7.49. The van der Waals surface area contributed by atoms with Crippen molar-refractivity contribution >= 4 is 16.8 Å². The number of benzene rings is 1. The Kier molecular flexibility index (Phi) is 5.16. The predicted molar refractivity (Wildman–Crippen MR) is 95.3 cm³/mol. The van der Waals surface area contributed by atoms with Gasteiger partial charge in [0.05, 0.1) is 0 Å². The van der Waals surface area contributed by atoms with Crippen LogP contribution in [0.2, 0.25) is 0 Å². The van der Waals surface area contributed by atoms with Gasteiger partial charge in [0.2, 0.25) is 5.91 Å². The lowest BCUT2D eigenvalue weighted by Crippen LogP contribution is -2.31. The molecule has 2 N–H and O–H groups in total. The first kappa shape index (κ1) is 15.9. The molecule has 0 aliphatic heterocycles. The van der Waals surface area contributed by atoms with Gasteiger partial charge in [0.1, 0.15) is 0 Å². The van der Waals surface area contributed by atoms with E-state index in [0.29, 0.717) is 0 Å². The highest BCUT2D eigenvalue weighted by atomic mass is 16.1. The summed E-state index contributed by atoms with van der Waals surface area (Å²) < 4.78 is 0. The van der Waals surface area contributed by atoms with Crippen molar-refractivity contribution in [1.82, 2.24) is 10.3 Å². The summed E-state index contributed by atoms with van der Waals surface area (Å²) in [6.07, 6.45) is 11.2. The summed E-state index contributed by atoms with van der Waals surface area (Å²) >= 11 is 0. The van der Waals surface area contributed by atoms with E-state index in [1.54, 1.807) is 0 Å². The first-order valence-electron chi connectivity index (χ1n) is 8.74. The van der Waals surface area contributed by atoms with Crippen LogP contribution in [0.5, 0.6) is 0 Å². The number of nitrogens with one attached hydrogen (secondary N) is 2. The lowest BCUT2D eigenvalue weighted by atomic mass is 9.97. The van der Waals surface area contributed by atoms with Gasteiger partial charge in [0.25, 0.3) is 0 Å². The molecule has 0 bridgehead atoms. The summed E-state index contributed by atoms with van der Waals surface area (Å²) in [5.41, 5.74) is 3.87. The Labute approximate surface area is 138 Å². The van der Waals surface area contributed by atoms with Crippen molar-refractivity contribution in [2.45, 2.75) is 45.4 Å². The van der Waals surface area contributed by atoms with Crippen molar-refractivity contribution in [3.05, 3.63) is 47.7 Å². The van der Waals surface area contributed by atoms with Crippen molar-refractivity contribution in [1.29, 1.82) is 0 Å². The van der Waals surface area contributed by atoms with Crippen LogP contribution in [0.25, 0.3) is 10.9 Å². The Balaban J connectivity index is 1.50. The molecule has 1 atom stereocenters. The maximum atomic E-state index is 12.3. The zero-order chi connectivity index (χ0) is 16.1. The highest BCUT2D eigenvalue weighted by Crippen LogP contribution is 2.21. The third-order valence-electron chi connectivity index (χ3n) is 4.78. The standard InChI is InChI=1S/C20H26N2O/c1-15(13-17-14-22-19-10-6-5-9-18(17)19)20(23)21-12-11-16-7-3-2-4-8-16/h5-7,9-10,14-15,22H,2-4,8,11-13H2,1H3,(H,21,23). The van der Waals surface area contributed by atoms with Gasteiger partial charge in [-0.3, -0.25) is 4.79 Å². The van der Waals surface area contributed by atoms with E-state index < -0.39 is 0 Å². The molecule has 0 fully saturated rings. The lowest BCUT2D eigenvalue weighted by molar-refractivity contribution is -0.124. The minimum absolute atomic E-state index is 0.00505. The molecule has 1 amide bonds. The third kappa shape index (κ3) is 4.04. The quantitative estimate of drug-likeness (QED) is 0.765. The Bertz CT molecular complexity index is 698. The number of carbonyl (C=O) groups excluding carboxylic acids is 1. The summed E-state index contributed by atoms with van der Waals surface area (Å²) in [5, 5.41) is 4.32. The minimum Gasteiger partial charge on any atom is -0.361 e. The average molecular weight is 310 g/mol. The number of carbonyl (C=O) groups is 1. The van der Waals surface area contributed by atoms with Crippen LogP contribution in [-0.2, 0) is 11.2 Å². The smallest absolute Gasteiger partial charge is 0.223 e. The van der Waals surface area contributed by atoms with Crippen molar-refractivity contribution in [2.75, 3.05) is 6.54 Å². The van der Waals surface area contributed by atoms with E-state index in [-0.39, 0.29) is 11.8 Å². The molecule has 0 saturated heterocycles. The normalized spacial score (nSPS) is 16.1. The number of rotatable bonds is 6. The number of hydrogen-bond donors (Lipinski definition) is 2. The van der Waals surface area contributed by atoms with E-state index in [2.05, 4.69) is 28.5 Å². The summed E-state index contributed by atoms with van der Waals surface area (Å²) in [5.74, 6) is 0.154. The summed E-state index contributed by atoms with van der Waals surface area (Å²) in [7, 11) is 0. The zero-order valence-electron chi connectivity index (χ0n) is 13.9. The molecule has 3 heteroatoms. The number of allylic oxidation sites excluding steroid dienone is 1. The molecule has 23 heavy (non-hydrogen) atoms. The van der Waals surface area contributed by atoms with Gasteiger partial charge in [-0.1, -0.05) is 36.8 Å². The molecule has 122 valence electrons. The van der Waals surface area contributed by atoms with Gasteiger partial charge in [0, 0.05) is 29.6 Å².